The molecule has 1 heteroatoms. The highest BCUT2D eigenvalue weighted by molar-refractivity contribution is 9.10. The Labute approximate surface area is 81.4 Å². The van der Waals surface area contributed by atoms with E-state index in [0.29, 0.717) is 0 Å². The molecule has 12 heavy (non-hydrogen) atoms. The van der Waals surface area contributed by atoms with Crippen LogP contribution in [0.1, 0.15) is 22.3 Å². The zero-order valence-corrected chi connectivity index (χ0v) is 8.90. The van der Waals surface area contributed by atoms with E-state index in [1.54, 1.807) is 0 Å². The molecule has 0 fully saturated rings. The SMILES string of the molecule is Cc1cc(C)c2c(c1Br)CC=C2. The average molecular weight is 223 g/mol. The smallest absolute Gasteiger partial charge is 0.0245 e. The molecule has 2 rings (SSSR count). The number of halogens is 1. The molecule has 1 aliphatic rings. The van der Waals surface area contributed by atoms with E-state index < -0.39 is 0 Å². The van der Waals surface area contributed by atoms with Gasteiger partial charge in [0, 0.05) is 4.47 Å². The normalized spacial score (nSPS) is 13.6. The van der Waals surface area contributed by atoms with E-state index in [0.717, 1.165) is 6.42 Å². The zero-order valence-electron chi connectivity index (χ0n) is 7.32. The van der Waals surface area contributed by atoms with E-state index in [1.165, 1.54) is 26.7 Å². The Kier molecular flexibility index (Phi) is 1.84. The Morgan fingerprint density at radius 1 is 1.25 bits per heavy atom. The van der Waals surface area contributed by atoms with Crippen LogP contribution in [0.2, 0.25) is 0 Å². The van der Waals surface area contributed by atoms with Crippen molar-refractivity contribution in [3.63, 3.8) is 0 Å². The van der Waals surface area contributed by atoms with Gasteiger partial charge < -0.3 is 0 Å². The van der Waals surface area contributed by atoms with Gasteiger partial charge in [0.15, 0.2) is 0 Å². The molecule has 1 aliphatic carbocycles. The average Bonchev–Trinajstić information content (AvgIpc) is 2.48. The molecular weight excluding hydrogens is 212 g/mol. The molecule has 62 valence electrons. The van der Waals surface area contributed by atoms with Gasteiger partial charge in [0.05, 0.1) is 0 Å². The summed E-state index contributed by atoms with van der Waals surface area (Å²) in [4.78, 5) is 0. The van der Waals surface area contributed by atoms with Gasteiger partial charge in [0.2, 0.25) is 0 Å². The lowest BCUT2D eigenvalue weighted by Crippen LogP contribution is -1.91. The van der Waals surface area contributed by atoms with Crippen molar-refractivity contribution >= 4 is 22.0 Å². The molecule has 0 saturated carbocycles. The molecule has 0 atom stereocenters. The summed E-state index contributed by atoms with van der Waals surface area (Å²) < 4.78 is 1.29. The number of benzene rings is 1. The third-order valence-electron chi connectivity index (χ3n) is 2.40. The molecule has 0 saturated heterocycles. The quantitative estimate of drug-likeness (QED) is 0.629. The summed E-state index contributed by atoms with van der Waals surface area (Å²) in [6.45, 7) is 4.32. The summed E-state index contributed by atoms with van der Waals surface area (Å²) in [5.74, 6) is 0. The van der Waals surface area contributed by atoms with Gasteiger partial charge in [-0.15, -0.1) is 0 Å². The highest BCUT2D eigenvalue weighted by atomic mass is 79.9. The topological polar surface area (TPSA) is 0 Å². The van der Waals surface area contributed by atoms with Crippen LogP contribution in [0.5, 0.6) is 0 Å². The Bertz CT molecular complexity index is 362. The molecule has 0 N–H and O–H groups in total. The minimum atomic E-state index is 1.08. The Hall–Kier alpha value is -0.560. The fourth-order valence-electron chi connectivity index (χ4n) is 1.79. The first-order chi connectivity index (χ1) is 5.70. The molecule has 0 aliphatic heterocycles. The molecule has 0 spiro atoms. The van der Waals surface area contributed by atoms with E-state index >= 15 is 0 Å². The Morgan fingerprint density at radius 2 is 2.00 bits per heavy atom. The number of hydrogen-bond acceptors (Lipinski definition) is 0. The molecule has 0 aromatic heterocycles. The van der Waals surface area contributed by atoms with Crippen molar-refractivity contribution in [2.24, 2.45) is 0 Å². The van der Waals surface area contributed by atoms with Gasteiger partial charge in [-0.25, -0.2) is 0 Å². The van der Waals surface area contributed by atoms with E-state index in [9.17, 15) is 0 Å². The fourth-order valence-corrected chi connectivity index (χ4v) is 2.28. The van der Waals surface area contributed by atoms with E-state index in [4.69, 9.17) is 0 Å². The number of allylic oxidation sites excluding steroid dienone is 1. The first kappa shape index (κ1) is 8.06. The standard InChI is InChI=1S/C11H11Br/c1-7-6-8(2)11(12)10-5-3-4-9(7)10/h3-4,6H,5H2,1-2H3. The van der Waals surface area contributed by atoms with Crippen LogP contribution in [0.25, 0.3) is 6.08 Å². The Balaban J connectivity index is 2.74. The summed E-state index contributed by atoms with van der Waals surface area (Å²) >= 11 is 3.63. The third kappa shape index (κ3) is 1.04. The van der Waals surface area contributed by atoms with Gasteiger partial charge in [0.1, 0.15) is 0 Å². The van der Waals surface area contributed by atoms with Crippen molar-refractivity contribution in [2.75, 3.05) is 0 Å². The van der Waals surface area contributed by atoms with Crippen LogP contribution in [0, 0.1) is 13.8 Å². The second-order valence-corrected chi connectivity index (χ2v) is 4.12. The second kappa shape index (κ2) is 2.74. The first-order valence-electron chi connectivity index (χ1n) is 4.15. The van der Waals surface area contributed by atoms with Crippen LogP contribution in [-0.2, 0) is 6.42 Å². The highest BCUT2D eigenvalue weighted by Crippen LogP contribution is 2.32. The third-order valence-corrected chi connectivity index (χ3v) is 3.50. The number of fused-ring (bicyclic) bond motifs is 1. The predicted octanol–water partition coefficient (Wildman–Crippen LogP) is 3.64. The molecule has 0 nitrogen and oxygen atoms in total. The fraction of sp³-hybridized carbons (Fsp3) is 0.273. The van der Waals surface area contributed by atoms with Gasteiger partial charge in [-0.3, -0.25) is 0 Å². The summed E-state index contributed by atoms with van der Waals surface area (Å²) in [5.41, 5.74) is 5.59. The van der Waals surface area contributed by atoms with Gasteiger partial charge in [-0.2, -0.15) is 0 Å². The van der Waals surface area contributed by atoms with Crippen molar-refractivity contribution in [1.29, 1.82) is 0 Å². The van der Waals surface area contributed by atoms with E-state index in [1.807, 2.05) is 0 Å². The van der Waals surface area contributed by atoms with Crippen LogP contribution in [0.15, 0.2) is 16.6 Å². The van der Waals surface area contributed by atoms with Gasteiger partial charge in [-0.1, -0.05) is 34.1 Å². The lowest BCUT2D eigenvalue weighted by atomic mass is 10.0. The van der Waals surface area contributed by atoms with Gasteiger partial charge in [-0.05, 0) is 42.5 Å². The number of hydrogen-bond donors (Lipinski definition) is 0. The molecule has 1 aromatic rings. The van der Waals surface area contributed by atoms with Gasteiger partial charge in [0.25, 0.3) is 0 Å². The minimum absolute atomic E-state index is 1.08. The maximum atomic E-state index is 3.63. The van der Waals surface area contributed by atoms with E-state index in [-0.39, 0.29) is 0 Å². The molecule has 0 unspecified atom stereocenters. The molecule has 0 heterocycles. The van der Waals surface area contributed by atoms with Gasteiger partial charge >= 0.3 is 0 Å². The van der Waals surface area contributed by atoms with Crippen LogP contribution >= 0.6 is 15.9 Å². The summed E-state index contributed by atoms with van der Waals surface area (Å²) in [6.07, 6.45) is 5.52. The second-order valence-electron chi connectivity index (χ2n) is 3.32. The van der Waals surface area contributed by atoms with Crippen LogP contribution < -0.4 is 0 Å². The first-order valence-corrected chi connectivity index (χ1v) is 4.94. The predicted molar refractivity (Wildman–Crippen MR) is 56.4 cm³/mol. The van der Waals surface area contributed by atoms with Crippen molar-refractivity contribution in [1.82, 2.24) is 0 Å². The Morgan fingerprint density at radius 3 is 2.75 bits per heavy atom. The molecule has 0 bridgehead atoms. The molecule has 1 aromatic carbocycles. The van der Waals surface area contributed by atoms with Crippen LogP contribution in [0.3, 0.4) is 0 Å². The van der Waals surface area contributed by atoms with Crippen molar-refractivity contribution in [3.8, 4) is 0 Å². The summed E-state index contributed by atoms with van der Waals surface area (Å²) in [5, 5.41) is 0. The monoisotopic (exact) mass is 222 g/mol. The minimum Gasteiger partial charge on any atom is -0.0795 e. The van der Waals surface area contributed by atoms with Crippen molar-refractivity contribution in [3.05, 3.63) is 38.9 Å². The lowest BCUT2D eigenvalue weighted by molar-refractivity contribution is 1.22. The van der Waals surface area contributed by atoms with Crippen LogP contribution in [-0.4, -0.2) is 0 Å². The molecule has 0 amide bonds. The van der Waals surface area contributed by atoms with Crippen LogP contribution in [0.4, 0.5) is 0 Å². The van der Waals surface area contributed by atoms with Crippen molar-refractivity contribution in [2.45, 2.75) is 20.3 Å². The molecular formula is C11H11Br. The maximum absolute atomic E-state index is 3.63. The highest BCUT2D eigenvalue weighted by Gasteiger charge is 2.12. The van der Waals surface area contributed by atoms with E-state index in [2.05, 4.69) is 48.0 Å². The molecule has 0 radical (unpaired) electrons. The lowest BCUT2D eigenvalue weighted by Gasteiger charge is -2.08. The summed E-state index contributed by atoms with van der Waals surface area (Å²) in [6, 6.07) is 2.23. The number of aryl methyl sites for hydroxylation is 2. The zero-order chi connectivity index (χ0) is 8.72. The maximum Gasteiger partial charge on any atom is 0.0245 e. The number of rotatable bonds is 0. The van der Waals surface area contributed by atoms with Crippen molar-refractivity contribution < 1.29 is 0 Å². The largest absolute Gasteiger partial charge is 0.0795 e. The summed E-state index contributed by atoms with van der Waals surface area (Å²) in [7, 11) is 0.